The highest BCUT2D eigenvalue weighted by Gasteiger charge is 2.30. The van der Waals surface area contributed by atoms with Gasteiger partial charge in [0.1, 0.15) is 12.4 Å². The van der Waals surface area contributed by atoms with E-state index in [4.69, 9.17) is 18.6 Å². The van der Waals surface area contributed by atoms with Gasteiger partial charge < -0.3 is 23.5 Å². The molecule has 7 heteroatoms. The summed E-state index contributed by atoms with van der Waals surface area (Å²) in [5.41, 5.74) is 0. The molecule has 0 spiro atoms. The molecule has 0 aliphatic carbocycles. The first-order valence-corrected chi connectivity index (χ1v) is 10.0. The lowest BCUT2D eigenvalue weighted by atomic mass is 10.1. The van der Waals surface area contributed by atoms with Crippen molar-refractivity contribution in [3.63, 3.8) is 0 Å². The predicted octanol–water partition coefficient (Wildman–Crippen LogP) is 3.05. The topological polar surface area (TPSA) is 64.4 Å². The number of ether oxygens (including phenoxy) is 3. The Hall–Kier alpha value is -2.51. The zero-order chi connectivity index (χ0) is 20.6. The third kappa shape index (κ3) is 5.31. The van der Waals surface area contributed by atoms with E-state index in [0.29, 0.717) is 48.8 Å². The molecule has 1 aromatic heterocycles. The van der Waals surface area contributed by atoms with Crippen LogP contribution in [0.2, 0.25) is 0 Å². The van der Waals surface area contributed by atoms with E-state index in [1.54, 1.807) is 26.4 Å². The fourth-order valence-electron chi connectivity index (χ4n) is 3.58. The molecule has 0 saturated carbocycles. The van der Waals surface area contributed by atoms with Crippen molar-refractivity contribution in [3.05, 3.63) is 47.9 Å². The molecule has 1 amide bonds. The van der Waals surface area contributed by atoms with Crippen LogP contribution in [0, 0.1) is 0 Å². The Morgan fingerprint density at radius 2 is 1.93 bits per heavy atom. The Balaban J connectivity index is 1.58. The molecule has 0 radical (unpaired) electrons. The summed E-state index contributed by atoms with van der Waals surface area (Å²) in [5.74, 6) is 2.18. The van der Waals surface area contributed by atoms with Gasteiger partial charge in [-0.05, 0) is 30.7 Å². The summed E-state index contributed by atoms with van der Waals surface area (Å²) in [6, 6.07) is 11.3. The van der Waals surface area contributed by atoms with E-state index in [-0.39, 0.29) is 12.5 Å². The average molecular weight is 402 g/mol. The fraction of sp³-hybridized carbons (Fsp3) is 0.500. The van der Waals surface area contributed by atoms with Gasteiger partial charge in [0.25, 0.3) is 5.91 Å². The van der Waals surface area contributed by atoms with Crippen molar-refractivity contribution < 1.29 is 23.4 Å². The number of amides is 1. The molecule has 1 aliphatic rings. The number of furan rings is 1. The number of rotatable bonds is 9. The van der Waals surface area contributed by atoms with Crippen LogP contribution < -0.4 is 9.47 Å². The second-order valence-corrected chi connectivity index (χ2v) is 7.05. The minimum Gasteiger partial charge on any atom is -0.493 e. The van der Waals surface area contributed by atoms with E-state index >= 15 is 0 Å². The Kier molecular flexibility index (Phi) is 7.55. The molecule has 1 fully saturated rings. The van der Waals surface area contributed by atoms with Gasteiger partial charge in [0.05, 0.1) is 13.7 Å². The normalized spacial score (nSPS) is 17.3. The van der Waals surface area contributed by atoms with E-state index in [0.717, 1.165) is 19.5 Å². The minimum absolute atomic E-state index is 0.0709. The van der Waals surface area contributed by atoms with E-state index < -0.39 is 0 Å². The molecule has 158 valence electrons. The van der Waals surface area contributed by atoms with E-state index in [2.05, 4.69) is 11.8 Å². The van der Waals surface area contributed by atoms with Crippen LogP contribution in [-0.4, -0.2) is 68.8 Å². The number of methoxy groups -OCH3 is 2. The molecule has 1 atom stereocenters. The lowest BCUT2D eigenvalue weighted by Crippen LogP contribution is -2.55. The van der Waals surface area contributed by atoms with Crippen LogP contribution in [0.3, 0.4) is 0 Å². The highest BCUT2D eigenvalue weighted by Crippen LogP contribution is 2.27. The number of hydrogen-bond donors (Lipinski definition) is 0. The number of carbonyl (C=O) groups is 1. The first-order valence-electron chi connectivity index (χ1n) is 10.0. The van der Waals surface area contributed by atoms with Gasteiger partial charge in [-0.15, -0.1) is 0 Å². The smallest absolute Gasteiger partial charge is 0.289 e. The quantitative estimate of drug-likeness (QED) is 0.642. The maximum Gasteiger partial charge on any atom is 0.289 e. The molecular weight excluding hydrogens is 372 g/mol. The Bertz CT molecular complexity index is 791. The number of piperazine rings is 1. The summed E-state index contributed by atoms with van der Waals surface area (Å²) in [6.45, 7) is 6.22. The number of carbonyl (C=O) groups excluding carboxylic acids is 1. The molecule has 2 aromatic rings. The molecule has 0 bridgehead atoms. The largest absolute Gasteiger partial charge is 0.493 e. The van der Waals surface area contributed by atoms with Crippen LogP contribution in [0.1, 0.15) is 29.7 Å². The van der Waals surface area contributed by atoms with Crippen LogP contribution in [0.4, 0.5) is 0 Å². The van der Waals surface area contributed by atoms with Gasteiger partial charge >= 0.3 is 0 Å². The SMILES string of the molecule is CCC1CN(C(=O)c2ccc(COc3ccccc3OC)o2)CCN1CCOC. The van der Waals surface area contributed by atoms with Gasteiger partial charge in [-0.2, -0.15) is 0 Å². The van der Waals surface area contributed by atoms with Crippen LogP contribution >= 0.6 is 0 Å². The van der Waals surface area contributed by atoms with Crippen molar-refractivity contribution in [1.29, 1.82) is 0 Å². The maximum atomic E-state index is 12.9. The van der Waals surface area contributed by atoms with Crippen molar-refractivity contribution >= 4 is 5.91 Å². The van der Waals surface area contributed by atoms with Crippen molar-refractivity contribution in [2.24, 2.45) is 0 Å². The van der Waals surface area contributed by atoms with Crippen molar-refractivity contribution in [2.45, 2.75) is 26.0 Å². The Morgan fingerprint density at radius 3 is 2.66 bits per heavy atom. The van der Waals surface area contributed by atoms with Gasteiger partial charge in [0, 0.05) is 39.3 Å². The third-order valence-corrected chi connectivity index (χ3v) is 5.26. The monoisotopic (exact) mass is 402 g/mol. The van der Waals surface area contributed by atoms with E-state index in [9.17, 15) is 4.79 Å². The molecule has 7 nitrogen and oxygen atoms in total. The van der Waals surface area contributed by atoms with E-state index in [1.165, 1.54) is 0 Å². The van der Waals surface area contributed by atoms with Crippen LogP contribution in [0.5, 0.6) is 11.5 Å². The van der Waals surface area contributed by atoms with Crippen molar-refractivity contribution in [3.8, 4) is 11.5 Å². The number of benzene rings is 1. The lowest BCUT2D eigenvalue weighted by Gasteiger charge is -2.40. The molecular formula is C22H30N2O5. The second kappa shape index (κ2) is 10.3. The summed E-state index contributed by atoms with van der Waals surface area (Å²) in [6.07, 6.45) is 0.990. The number of hydrogen-bond acceptors (Lipinski definition) is 6. The zero-order valence-electron chi connectivity index (χ0n) is 17.4. The van der Waals surface area contributed by atoms with Crippen LogP contribution in [0.25, 0.3) is 0 Å². The summed E-state index contributed by atoms with van der Waals surface area (Å²) >= 11 is 0. The minimum atomic E-state index is -0.0709. The summed E-state index contributed by atoms with van der Waals surface area (Å²) in [4.78, 5) is 17.2. The highest BCUT2D eigenvalue weighted by atomic mass is 16.5. The second-order valence-electron chi connectivity index (χ2n) is 7.05. The number of para-hydroxylation sites is 2. The lowest BCUT2D eigenvalue weighted by molar-refractivity contribution is 0.0361. The number of nitrogens with zero attached hydrogens (tertiary/aromatic N) is 2. The van der Waals surface area contributed by atoms with Gasteiger partial charge in [-0.3, -0.25) is 9.69 Å². The third-order valence-electron chi connectivity index (χ3n) is 5.26. The fourth-order valence-corrected chi connectivity index (χ4v) is 3.58. The summed E-state index contributed by atoms with van der Waals surface area (Å²) in [7, 11) is 3.32. The Morgan fingerprint density at radius 1 is 1.14 bits per heavy atom. The maximum absolute atomic E-state index is 12.9. The molecule has 3 rings (SSSR count). The first kappa shape index (κ1) is 21.2. The van der Waals surface area contributed by atoms with Gasteiger partial charge in [0.15, 0.2) is 17.3 Å². The average Bonchev–Trinajstić information content (AvgIpc) is 3.24. The molecule has 29 heavy (non-hydrogen) atoms. The molecule has 1 saturated heterocycles. The van der Waals surface area contributed by atoms with Gasteiger partial charge in [-0.1, -0.05) is 19.1 Å². The van der Waals surface area contributed by atoms with Crippen LogP contribution in [-0.2, 0) is 11.3 Å². The highest BCUT2D eigenvalue weighted by molar-refractivity contribution is 5.91. The van der Waals surface area contributed by atoms with E-state index in [1.807, 2.05) is 29.2 Å². The molecule has 0 N–H and O–H groups in total. The van der Waals surface area contributed by atoms with Gasteiger partial charge in [-0.25, -0.2) is 0 Å². The molecule has 1 unspecified atom stereocenters. The standard InChI is InChI=1S/C22H30N2O5/c1-4-17-15-24(12-11-23(17)13-14-26-2)22(25)21-10-9-18(29-21)16-28-20-8-6-5-7-19(20)27-3/h5-10,17H,4,11-16H2,1-3H3. The van der Waals surface area contributed by atoms with Crippen LogP contribution in [0.15, 0.2) is 40.8 Å². The Labute approximate surface area is 172 Å². The first-order chi connectivity index (χ1) is 14.2. The van der Waals surface area contributed by atoms with Gasteiger partial charge in [0.2, 0.25) is 0 Å². The molecule has 2 heterocycles. The zero-order valence-corrected chi connectivity index (χ0v) is 17.4. The summed E-state index contributed by atoms with van der Waals surface area (Å²) < 4.78 is 22.0. The van der Waals surface area contributed by atoms with Crippen molar-refractivity contribution in [1.82, 2.24) is 9.80 Å². The molecule has 1 aliphatic heterocycles. The van der Waals surface area contributed by atoms with Crippen molar-refractivity contribution in [2.75, 3.05) is 47.0 Å². The molecule has 1 aromatic carbocycles. The summed E-state index contributed by atoms with van der Waals surface area (Å²) in [5, 5.41) is 0. The predicted molar refractivity (Wildman–Crippen MR) is 109 cm³/mol.